The quantitative estimate of drug-likeness (QED) is 0.458. The van der Waals surface area contributed by atoms with Crippen LogP contribution >= 0.6 is 0 Å². The van der Waals surface area contributed by atoms with Crippen LogP contribution in [0.3, 0.4) is 0 Å². The predicted octanol–water partition coefficient (Wildman–Crippen LogP) is 4.70. The molecule has 1 rings (SSSR count). The Morgan fingerprint density at radius 3 is 2.39 bits per heavy atom. The van der Waals surface area contributed by atoms with Crippen LogP contribution in [0.15, 0.2) is 0 Å². The molecule has 0 aromatic rings. The molecule has 1 unspecified atom stereocenters. The first-order chi connectivity index (χ1) is 12.8. The van der Waals surface area contributed by atoms with E-state index in [1.165, 1.54) is 9.80 Å². The van der Waals surface area contributed by atoms with Crippen LogP contribution in [0.1, 0.15) is 46.5 Å². The van der Waals surface area contributed by atoms with Crippen LogP contribution < -0.4 is 0 Å². The van der Waals surface area contributed by atoms with Crippen LogP contribution in [0.4, 0.5) is 9.59 Å². The Hall–Kier alpha value is -1.28. The fourth-order valence-corrected chi connectivity index (χ4v) is 4.16. The Bertz CT molecular complexity index is 510. The third-order valence-corrected chi connectivity index (χ3v) is 6.83. The Labute approximate surface area is 171 Å². The lowest BCUT2D eigenvalue weighted by molar-refractivity contribution is -0.00710. The van der Waals surface area contributed by atoms with Gasteiger partial charge in [0.05, 0.1) is 6.61 Å². The summed E-state index contributed by atoms with van der Waals surface area (Å²) in [7, 11) is 0.332. The monoisotopic (exact) mass is 416 g/mol. The van der Waals surface area contributed by atoms with Gasteiger partial charge < -0.3 is 14.6 Å². The van der Waals surface area contributed by atoms with Gasteiger partial charge in [0.1, 0.15) is 6.17 Å². The zero-order valence-electron chi connectivity index (χ0n) is 18.8. The van der Waals surface area contributed by atoms with Gasteiger partial charge in [-0.05, 0) is 58.4 Å². The summed E-state index contributed by atoms with van der Waals surface area (Å²) >= 11 is 0. The van der Waals surface area contributed by atoms with E-state index in [4.69, 9.17) is 9.47 Å². The Morgan fingerprint density at radius 2 is 1.93 bits per heavy atom. The van der Waals surface area contributed by atoms with Crippen molar-refractivity contribution in [3.05, 3.63) is 0 Å². The number of carbonyl (C=O) groups excluding carboxylic acids is 1. The largest absolute Gasteiger partial charge is 0.465 e. The molecule has 0 aromatic carbocycles. The highest BCUT2D eigenvalue weighted by Gasteiger charge is 2.38. The van der Waals surface area contributed by atoms with E-state index in [0.29, 0.717) is 25.6 Å². The molecule has 28 heavy (non-hydrogen) atoms. The van der Waals surface area contributed by atoms with Crippen LogP contribution in [-0.4, -0.2) is 73.7 Å². The summed E-state index contributed by atoms with van der Waals surface area (Å²) in [6.07, 6.45) is 1.44. The number of carbonyl (C=O) groups is 2. The molecule has 164 valence electrons. The Morgan fingerprint density at radius 1 is 1.29 bits per heavy atom. The van der Waals surface area contributed by atoms with Gasteiger partial charge in [0.2, 0.25) is 0 Å². The number of carboxylic acid groups (broad SMARTS) is 1. The van der Waals surface area contributed by atoms with Crippen LogP contribution in [0, 0.1) is 5.92 Å². The topological polar surface area (TPSA) is 79.3 Å². The zero-order chi connectivity index (χ0) is 21.5. The number of rotatable bonds is 8. The highest BCUT2D eigenvalue weighted by molar-refractivity contribution is 6.76. The van der Waals surface area contributed by atoms with E-state index in [2.05, 4.69) is 19.6 Å². The van der Waals surface area contributed by atoms with E-state index in [9.17, 15) is 14.7 Å². The van der Waals surface area contributed by atoms with E-state index in [-0.39, 0.29) is 0 Å². The molecule has 1 aliphatic heterocycles. The molecule has 1 fully saturated rings. The zero-order valence-corrected chi connectivity index (χ0v) is 19.8. The lowest BCUT2D eigenvalue weighted by atomic mass is 9.94. The fourth-order valence-electron chi connectivity index (χ4n) is 3.45. The molecule has 0 aliphatic carbocycles. The van der Waals surface area contributed by atoms with Crippen molar-refractivity contribution in [3.63, 3.8) is 0 Å². The van der Waals surface area contributed by atoms with E-state index < -0.39 is 32.0 Å². The first-order valence-electron chi connectivity index (χ1n) is 10.3. The van der Waals surface area contributed by atoms with Crippen LogP contribution in [0.2, 0.25) is 25.7 Å². The second-order valence-corrected chi connectivity index (χ2v) is 15.6. The first kappa shape index (κ1) is 24.8. The summed E-state index contributed by atoms with van der Waals surface area (Å²) in [5.74, 6) is 0.406. The number of nitrogens with zero attached hydrogens (tertiary/aromatic N) is 2. The van der Waals surface area contributed by atoms with Crippen LogP contribution in [0.5, 0.6) is 0 Å². The molecule has 0 saturated carbocycles. The molecular formula is C20H40N2O5Si. The van der Waals surface area contributed by atoms with Gasteiger partial charge in [-0.3, -0.25) is 9.80 Å². The SMILES string of the molecule is CN(C(=O)OCC[Si](C)(C)C)[C@H](CCC1CCCOC1)N(C(=O)O)C(C)(C)C. The average molecular weight is 417 g/mol. The van der Waals surface area contributed by atoms with Crippen molar-refractivity contribution in [2.75, 3.05) is 26.9 Å². The van der Waals surface area contributed by atoms with Gasteiger partial charge in [-0.15, -0.1) is 0 Å². The minimum atomic E-state index is -1.31. The van der Waals surface area contributed by atoms with Gasteiger partial charge >= 0.3 is 12.2 Å². The molecule has 1 N–H and O–H groups in total. The van der Waals surface area contributed by atoms with E-state index in [1.807, 2.05) is 20.8 Å². The second kappa shape index (κ2) is 10.5. The summed E-state index contributed by atoms with van der Waals surface area (Å²) in [5.41, 5.74) is -0.633. The third kappa shape index (κ3) is 8.39. The van der Waals surface area contributed by atoms with Crippen LogP contribution in [-0.2, 0) is 9.47 Å². The molecule has 1 heterocycles. The van der Waals surface area contributed by atoms with Crippen molar-refractivity contribution in [2.45, 2.75) is 83.8 Å². The molecule has 1 saturated heterocycles. The minimum absolute atomic E-state index is 0.380. The summed E-state index contributed by atoms with van der Waals surface area (Å²) < 4.78 is 11.0. The summed E-state index contributed by atoms with van der Waals surface area (Å²) in [6, 6.07) is 0.887. The highest BCUT2D eigenvalue weighted by Crippen LogP contribution is 2.27. The smallest absolute Gasteiger partial charge is 0.411 e. The Balaban J connectivity index is 2.87. The molecule has 0 aromatic heterocycles. The maximum absolute atomic E-state index is 12.7. The predicted molar refractivity (Wildman–Crippen MR) is 113 cm³/mol. The summed E-state index contributed by atoms with van der Waals surface area (Å²) in [6.45, 7) is 14.1. The van der Waals surface area contributed by atoms with Gasteiger partial charge in [0.25, 0.3) is 0 Å². The molecule has 7 nitrogen and oxygen atoms in total. The minimum Gasteiger partial charge on any atom is -0.465 e. The lowest BCUT2D eigenvalue weighted by Crippen LogP contribution is -2.58. The fraction of sp³-hybridized carbons (Fsp3) is 0.900. The number of ether oxygens (including phenoxy) is 2. The normalized spacial score (nSPS) is 19.0. The first-order valence-corrected chi connectivity index (χ1v) is 14.0. The summed E-state index contributed by atoms with van der Waals surface area (Å²) in [5, 5.41) is 9.86. The molecule has 2 atom stereocenters. The van der Waals surface area contributed by atoms with Gasteiger partial charge in [0.15, 0.2) is 0 Å². The van der Waals surface area contributed by atoms with Gasteiger partial charge in [0, 0.05) is 33.9 Å². The molecule has 2 amide bonds. The Kier molecular flexibility index (Phi) is 9.27. The van der Waals surface area contributed by atoms with Crippen molar-refractivity contribution in [2.24, 2.45) is 5.92 Å². The number of hydrogen-bond donors (Lipinski definition) is 1. The van der Waals surface area contributed by atoms with Crippen molar-refractivity contribution in [1.82, 2.24) is 9.80 Å². The van der Waals surface area contributed by atoms with E-state index in [1.54, 1.807) is 7.05 Å². The second-order valence-electron chi connectivity index (χ2n) is 10.0. The molecule has 1 aliphatic rings. The standard InChI is InChI=1S/C20H40N2O5Si/c1-20(2,3)22(18(23)24)17(11-10-16-9-8-12-26-15-16)21(4)19(25)27-13-14-28(5,6)7/h16-17H,8-15H2,1-7H3,(H,23,24)/t16?,17-/m0/s1. The van der Waals surface area contributed by atoms with Gasteiger partial charge in [-0.2, -0.15) is 0 Å². The van der Waals surface area contributed by atoms with Crippen molar-refractivity contribution in [1.29, 1.82) is 0 Å². The lowest BCUT2D eigenvalue weighted by Gasteiger charge is -2.43. The molecule has 0 radical (unpaired) electrons. The molecule has 0 bridgehead atoms. The maximum atomic E-state index is 12.7. The summed E-state index contributed by atoms with van der Waals surface area (Å²) in [4.78, 5) is 27.5. The molecular weight excluding hydrogens is 376 g/mol. The van der Waals surface area contributed by atoms with Crippen LogP contribution in [0.25, 0.3) is 0 Å². The number of hydrogen-bond acceptors (Lipinski definition) is 4. The molecule has 8 heteroatoms. The number of amides is 2. The van der Waals surface area contributed by atoms with Crippen molar-refractivity contribution in [3.8, 4) is 0 Å². The average Bonchev–Trinajstić information content (AvgIpc) is 2.55. The third-order valence-electron chi connectivity index (χ3n) is 5.13. The van der Waals surface area contributed by atoms with E-state index >= 15 is 0 Å². The van der Waals surface area contributed by atoms with Gasteiger partial charge in [-0.25, -0.2) is 9.59 Å². The van der Waals surface area contributed by atoms with Gasteiger partial charge in [-0.1, -0.05) is 19.6 Å². The highest BCUT2D eigenvalue weighted by atomic mass is 28.3. The molecule has 0 spiro atoms. The van der Waals surface area contributed by atoms with Crippen molar-refractivity contribution >= 4 is 20.3 Å². The van der Waals surface area contributed by atoms with Crippen molar-refractivity contribution < 1.29 is 24.2 Å². The van der Waals surface area contributed by atoms with E-state index in [0.717, 1.165) is 31.9 Å². The maximum Gasteiger partial charge on any atom is 0.411 e.